The molecule has 0 fully saturated rings. The lowest BCUT2D eigenvalue weighted by Crippen LogP contribution is -2.48. The monoisotopic (exact) mass is 307 g/mol. The molecule has 0 saturated heterocycles. The zero-order chi connectivity index (χ0) is 13.9. The molecule has 0 aliphatic carbocycles. The minimum atomic E-state index is -0.600. The first-order valence-corrected chi connectivity index (χ1v) is 5.60. The van der Waals surface area contributed by atoms with Crippen molar-refractivity contribution in [3.8, 4) is 0 Å². The Balaban J connectivity index is 0.00000324. The number of carbonyl (C=O) groups is 1. The number of hydrogen-bond donors (Lipinski definition) is 2. The quantitative estimate of drug-likeness (QED) is 0.657. The number of halogens is 2. The van der Waals surface area contributed by atoms with Crippen molar-refractivity contribution in [3.05, 3.63) is 38.9 Å². The van der Waals surface area contributed by atoms with Crippen LogP contribution in [0.15, 0.2) is 18.2 Å². The highest BCUT2D eigenvalue weighted by Gasteiger charge is 2.21. The van der Waals surface area contributed by atoms with Gasteiger partial charge in [-0.2, -0.15) is 0 Å². The molecular formula is C11H15Cl2N3O3. The summed E-state index contributed by atoms with van der Waals surface area (Å²) in [5.41, 5.74) is 4.81. The molecule has 0 aliphatic rings. The summed E-state index contributed by atoms with van der Waals surface area (Å²) in [6, 6.07) is 3.73. The Kier molecular flexibility index (Phi) is 6.21. The third-order valence-electron chi connectivity index (χ3n) is 2.32. The number of nitro groups is 1. The molecule has 19 heavy (non-hydrogen) atoms. The number of nitrogens with zero attached hydrogens (tertiary/aromatic N) is 1. The van der Waals surface area contributed by atoms with Crippen LogP contribution in [0.3, 0.4) is 0 Å². The Morgan fingerprint density at radius 1 is 1.47 bits per heavy atom. The molecule has 0 bridgehead atoms. The molecule has 106 valence electrons. The van der Waals surface area contributed by atoms with E-state index in [4.69, 9.17) is 17.3 Å². The molecule has 0 saturated carbocycles. The van der Waals surface area contributed by atoms with Crippen molar-refractivity contribution in [2.45, 2.75) is 19.4 Å². The number of nitro benzene ring substituents is 1. The van der Waals surface area contributed by atoms with Crippen LogP contribution < -0.4 is 11.1 Å². The van der Waals surface area contributed by atoms with Crippen molar-refractivity contribution < 1.29 is 9.72 Å². The van der Waals surface area contributed by atoms with E-state index in [1.807, 2.05) is 0 Å². The second-order valence-electron chi connectivity index (χ2n) is 4.50. The van der Waals surface area contributed by atoms with Gasteiger partial charge < -0.3 is 11.1 Å². The molecule has 0 atom stereocenters. The van der Waals surface area contributed by atoms with Crippen LogP contribution in [0.2, 0.25) is 5.02 Å². The van der Waals surface area contributed by atoms with Crippen LogP contribution >= 0.6 is 24.0 Å². The first kappa shape index (κ1) is 17.6. The van der Waals surface area contributed by atoms with Gasteiger partial charge >= 0.3 is 0 Å². The number of hydrogen-bond acceptors (Lipinski definition) is 4. The van der Waals surface area contributed by atoms with E-state index >= 15 is 0 Å². The van der Waals surface area contributed by atoms with Crippen LogP contribution in [0.4, 0.5) is 5.69 Å². The number of non-ortho nitro benzene ring substituents is 1. The molecule has 0 radical (unpaired) electrons. The zero-order valence-corrected chi connectivity index (χ0v) is 12.0. The van der Waals surface area contributed by atoms with Crippen LogP contribution in [-0.4, -0.2) is 22.9 Å². The van der Waals surface area contributed by atoms with Crippen molar-refractivity contribution in [1.29, 1.82) is 0 Å². The van der Waals surface area contributed by atoms with Crippen molar-refractivity contribution in [2.24, 2.45) is 5.73 Å². The molecule has 0 spiro atoms. The van der Waals surface area contributed by atoms with Gasteiger partial charge in [-0.3, -0.25) is 14.9 Å². The van der Waals surface area contributed by atoms with Gasteiger partial charge in [-0.15, -0.1) is 12.4 Å². The van der Waals surface area contributed by atoms with Crippen LogP contribution in [-0.2, 0) is 0 Å². The maximum Gasteiger partial charge on any atom is 0.271 e. The van der Waals surface area contributed by atoms with E-state index in [2.05, 4.69) is 5.32 Å². The SMILES string of the molecule is CC(C)(CN)NC(=O)c1cc(Cl)cc([N+](=O)[O-])c1.Cl. The first-order chi connectivity index (χ1) is 8.25. The number of nitrogens with one attached hydrogen (secondary N) is 1. The lowest BCUT2D eigenvalue weighted by molar-refractivity contribution is -0.384. The molecule has 0 heterocycles. The molecule has 1 rings (SSSR count). The number of nitrogens with two attached hydrogens (primary N) is 1. The molecular weight excluding hydrogens is 293 g/mol. The number of benzene rings is 1. The molecule has 0 unspecified atom stereocenters. The molecule has 0 aliphatic heterocycles. The van der Waals surface area contributed by atoms with Gasteiger partial charge in [-0.05, 0) is 19.9 Å². The van der Waals surface area contributed by atoms with Gasteiger partial charge in [0.2, 0.25) is 0 Å². The third-order valence-corrected chi connectivity index (χ3v) is 2.54. The zero-order valence-electron chi connectivity index (χ0n) is 10.5. The minimum Gasteiger partial charge on any atom is -0.346 e. The molecule has 8 heteroatoms. The van der Waals surface area contributed by atoms with E-state index in [9.17, 15) is 14.9 Å². The van der Waals surface area contributed by atoms with Gasteiger partial charge in [0.15, 0.2) is 0 Å². The van der Waals surface area contributed by atoms with Crippen LogP contribution in [0.1, 0.15) is 24.2 Å². The van der Waals surface area contributed by atoms with Gasteiger partial charge in [0, 0.05) is 34.8 Å². The maximum atomic E-state index is 11.9. The van der Waals surface area contributed by atoms with E-state index in [-0.39, 0.29) is 35.2 Å². The Morgan fingerprint density at radius 3 is 2.53 bits per heavy atom. The van der Waals surface area contributed by atoms with Crippen LogP contribution in [0.25, 0.3) is 0 Å². The van der Waals surface area contributed by atoms with Crippen LogP contribution in [0, 0.1) is 10.1 Å². The molecule has 3 N–H and O–H groups in total. The van der Waals surface area contributed by atoms with Gasteiger partial charge in [0.05, 0.1) is 4.92 Å². The van der Waals surface area contributed by atoms with E-state index in [1.54, 1.807) is 13.8 Å². The Hall–Kier alpha value is -1.37. The van der Waals surface area contributed by atoms with Crippen molar-refractivity contribution in [1.82, 2.24) is 5.32 Å². The van der Waals surface area contributed by atoms with Crippen molar-refractivity contribution in [3.63, 3.8) is 0 Å². The summed E-state index contributed by atoms with van der Waals surface area (Å²) in [7, 11) is 0. The molecule has 1 amide bonds. The van der Waals surface area contributed by atoms with E-state index in [1.165, 1.54) is 18.2 Å². The topological polar surface area (TPSA) is 98.3 Å². The molecule has 1 aromatic carbocycles. The summed E-state index contributed by atoms with van der Waals surface area (Å²) in [6.45, 7) is 3.76. The fourth-order valence-corrected chi connectivity index (χ4v) is 1.47. The molecule has 6 nitrogen and oxygen atoms in total. The summed E-state index contributed by atoms with van der Waals surface area (Å²) < 4.78 is 0. The predicted molar refractivity (Wildman–Crippen MR) is 76.0 cm³/mol. The number of amides is 1. The van der Waals surface area contributed by atoms with Crippen LogP contribution in [0.5, 0.6) is 0 Å². The Morgan fingerprint density at radius 2 is 2.05 bits per heavy atom. The standard InChI is InChI=1S/C11H14ClN3O3.ClH/c1-11(2,6-13)14-10(16)7-3-8(12)5-9(4-7)15(17)18;/h3-5H,6,13H2,1-2H3,(H,14,16);1H. The molecule has 1 aromatic rings. The first-order valence-electron chi connectivity index (χ1n) is 5.23. The fraction of sp³-hybridized carbons (Fsp3) is 0.364. The summed E-state index contributed by atoms with van der Waals surface area (Å²) in [5, 5.41) is 13.5. The van der Waals surface area contributed by atoms with E-state index in [0.29, 0.717) is 0 Å². The Labute approximate surface area is 121 Å². The predicted octanol–water partition coefficient (Wildman–Crippen LogP) is 2.14. The van der Waals surface area contributed by atoms with E-state index in [0.717, 1.165) is 0 Å². The summed E-state index contributed by atoms with van der Waals surface area (Å²) >= 11 is 5.73. The number of carbonyl (C=O) groups excluding carboxylic acids is 1. The maximum absolute atomic E-state index is 11.9. The summed E-state index contributed by atoms with van der Waals surface area (Å²) in [6.07, 6.45) is 0. The highest BCUT2D eigenvalue weighted by Crippen LogP contribution is 2.21. The van der Waals surface area contributed by atoms with E-state index < -0.39 is 16.4 Å². The Bertz CT molecular complexity index is 492. The second-order valence-corrected chi connectivity index (χ2v) is 4.93. The largest absolute Gasteiger partial charge is 0.346 e. The third kappa shape index (κ3) is 5.02. The second kappa shape index (κ2) is 6.70. The average molecular weight is 308 g/mol. The van der Waals surface area contributed by atoms with Gasteiger partial charge in [0.1, 0.15) is 0 Å². The van der Waals surface area contributed by atoms with Gasteiger partial charge in [0.25, 0.3) is 11.6 Å². The van der Waals surface area contributed by atoms with Gasteiger partial charge in [-0.25, -0.2) is 0 Å². The molecule has 0 aromatic heterocycles. The minimum absolute atomic E-state index is 0. The number of rotatable bonds is 4. The highest BCUT2D eigenvalue weighted by atomic mass is 35.5. The summed E-state index contributed by atoms with van der Waals surface area (Å²) in [5.74, 6) is -0.448. The smallest absolute Gasteiger partial charge is 0.271 e. The fourth-order valence-electron chi connectivity index (χ4n) is 1.24. The summed E-state index contributed by atoms with van der Waals surface area (Å²) in [4.78, 5) is 22.0. The highest BCUT2D eigenvalue weighted by molar-refractivity contribution is 6.31. The van der Waals surface area contributed by atoms with Crippen molar-refractivity contribution >= 4 is 35.6 Å². The lowest BCUT2D eigenvalue weighted by atomic mass is 10.1. The average Bonchev–Trinajstić information content (AvgIpc) is 2.27. The normalized spacial score (nSPS) is 10.5. The van der Waals surface area contributed by atoms with Gasteiger partial charge in [-0.1, -0.05) is 11.6 Å². The van der Waals surface area contributed by atoms with Crippen molar-refractivity contribution in [2.75, 3.05) is 6.54 Å². The lowest BCUT2D eigenvalue weighted by Gasteiger charge is -2.24.